The van der Waals surface area contributed by atoms with Crippen LogP contribution in [0.5, 0.6) is 0 Å². The van der Waals surface area contributed by atoms with Gasteiger partial charge in [-0.15, -0.1) is 0 Å². The molecule has 8 nitrogen and oxygen atoms in total. The van der Waals surface area contributed by atoms with Crippen LogP contribution >= 0.6 is 0 Å². The molecule has 2 aromatic carbocycles. The monoisotopic (exact) mass is 505 g/mol. The Morgan fingerprint density at radius 3 is 2.73 bits per heavy atom. The number of rotatable bonds is 8. The minimum Gasteiger partial charge on any atom is -0.465 e. The van der Waals surface area contributed by atoms with E-state index in [1.165, 1.54) is 17.0 Å². The molecular weight excluding hydrogens is 480 g/mol. The third-order valence-electron chi connectivity index (χ3n) is 6.24. The van der Waals surface area contributed by atoms with E-state index >= 15 is 4.39 Å². The summed E-state index contributed by atoms with van der Waals surface area (Å²) < 4.78 is 28.8. The highest BCUT2D eigenvalue weighted by Gasteiger charge is 2.29. The summed E-state index contributed by atoms with van der Waals surface area (Å²) in [5.41, 5.74) is 1.09. The Bertz CT molecular complexity index is 1360. The van der Waals surface area contributed by atoms with Crippen LogP contribution in [-0.2, 0) is 6.42 Å². The fraction of sp³-hybridized carbons (Fsp3) is 0.259. The molecule has 0 radical (unpaired) electrons. The molecule has 0 aliphatic carbocycles. The number of likely N-dealkylation sites (tertiary alicyclic amines) is 1. The van der Waals surface area contributed by atoms with E-state index in [4.69, 9.17) is 0 Å². The highest BCUT2D eigenvalue weighted by atomic mass is 19.1. The van der Waals surface area contributed by atoms with Crippen LogP contribution in [0.15, 0.2) is 54.6 Å². The van der Waals surface area contributed by atoms with E-state index < -0.39 is 17.8 Å². The average molecular weight is 506 g/mol. The molecule has 1 saturated heterocycles. The number of hydrogen-bond donors (Lipinski definition) is 3. The van der Waals surface area contributed by atoms with Crippen LogP contribution < -0.4 is 10.6 Å². The van der Waals surface area contributed by atoms with Crippen molar-refractivity contribution in [3.63, 3.8) is 0 Å². The van der Waals surface area contributed by atoms with E-state index in [0.717, 1.165) is 11.6 Å². The van der Waals surface area contributed by atoms with E-state index in [1.54, 1.807) is 36.4 Å². The molecule has 1 aliphatic rings. The molecule has 1 fully saturated rings. The normalized spacial score (nSPS) is 14.7. The van der Waals surface area contributed by atoms with E-state index in [1.807, 2.05) is 6.07 Å². The number of pyridine rings is 1. The van der Waals surface area contributed by atoms with E-state index in [9.17, 15) is 24.3 Å². The minimum atomic E-state index is -1.05. The van der Waals surface area contributed by atoms with Crippen molar-refractivity contribution in [2.45, 2.75) is 25.3 Å². The predicted octanol–water partition coefficient (Wildman–Crippen LogP) is 4.43. The van der Waals surface area contributed by atoms with Crippen molar-refractivity contribution in [1.82, 2.24) is 15.2 Å². The first kappa shape index (κ1) is 25.6. The summed E-state index contributed by atoms with van der Waals surface area (Å²) in [6, 6.07) is 15.2. The van der Waals surface area contributed by atoms with Crippen LogP contribution in [0.3, 0.4) is 0 Å². The summed E-state index contributed by atoms with van der Waals surface area (Å²) in [6.07, 6.45) is 0.673. The van der Waals surface area contributed by atoms with Gasteiger partial charge in [-0.25, -0.2) is 18.6 Å². The lowest BCUT2D eigenvalue weighted by Crippen LogP contribution is -2.42. The molecular formula is C27H25F2N5O3. The maximum atomic E-state index is 15.2. The number of amides is 2. The highest BCUT2D eigenvalue weighted by Crippen LogP contribution is 2.28. The second-order valence-electron chi connectivity index (χ2n) is 8.66. The van der Waals surface area contributed by atoms with Gasteiger partial charge in [0, 0.05) is 25.2 Å². The quantitative estimate of drug-likeness (QED) is 0.417. The van der Waals surface area contributed by atoms with Gasteiger partial charge in [0.25, 0.3) is 5.91 Å². The Morgan fingerprint density at radius 2 is 1.97 bits per heavy atom. The van der Waals surface area contributed by atoms with Crippen LogP contribution in [0, 0.1) is 23.0 Å². The van der Waals surface area contributed by atoms with Gasteiger partial charge in [0.2, 0.25) is 0 Å². The molecule has 0 unspecified atom stereocenters. The molecule has 1 aromatic heterocycles. The Hall–Kier alpha value is -4.52. The lowest BCUT2D eigenvalue weighted by atomic mass is 10.0. The minimum absolute atomic E-state index is 0.0604. The van der Waals surface area contributed by atoms with Gasteiger partial charge in [-0.2, -0.15) is 5.26 Å². The number of hydrogen-bond acceptors (Lipinski definition) is 5. The van der Waals surface area contributed by atoms with Crippen LogP contribution in [0.1, 0.15) is 34.3 Å². The van der Waals surface area contributed by atoms with Gasteiger partial charge < -0.3 is 20.6 Å². The first-order valence-electron chi connectivity index (χ1n) is 11.8. The van der Waals surface area contributed by atoms with Crippen LogP contribution in [-0.4, -0.2) is 52.7 Å². The molecule has 0 spiro atoms. The zero-order valence-electron chi connectivity index (χ0n) is 19.9. The number of carbonyl (C=O) groups is 2. The van der Waals surface area contributed by atoms with Crippen LogP contribution in [0.4, 0.5) is 19.4 Å². The molecule has 1 atom stereocenters. The van der Waals surface area contributed by atoms with Crippen molar-refractivity contribution in [2.24, 2.45) is 0 Å². The van der Waals surface area contributed by atoms with Crippen molar-refractivity contribution in [1.29, 1.82) is 5.26 Å². The second kappa shape index (κ2) is 11.5. The summed E-state index contributed by atoms with van der Waals surface area (Å²) in [4.78, 5) is 30.1. The maximum absolute atomic E-state index is 15.2. The molecule has 2 heterocycles. The number of carboxylic acid groups (broad SMARTS) is 1. The van der Waals surface area contributed by atoms with Gasteiger partial charge in [-0.05, 0) is 49.1 Å². The van der Waals surface area contributed by atoms with Crippen molar-refractivity contribution >= 4 is 17.8 Å². The molecule has 4 rings (SSSR count). The van der Waals surface area contributed by atoms with Crippen molar-refractivity contribution < 1.29 is 23.5 Å². The van der Waals surface area contributed by atoms with Crippen molar-refractivity contribution in [3.05, 3.63) is 82.9 Å². The Balaban J connectivity index is 1.60. The average Bonchev–Trinajstić information content (AvgIpc) is 3.37. The number of anilines is 1. The maximum Gasteiger partial charge on any atom is 0.407 e. The SMILES string of the molecule is N#Cc1ccccc1-c1nc(NCCc2cccc(F)c2)c(C(=O)NC[C@H]2CCCN2C(=O)O)cc1F. The molecule has 3 N–H and O–H groups in total. The van der Waals surface area contributed by atoms with E-state index in [0.29, 0.717) is 25.8 Å². The van der Waals surface area contributed by atoms with Gasteiger partial charge in [-0.1, -0.05) is 30.3 Å². The van der Waals surface area contributed by atoms with E-state index in [-0.39, 0.29) is 53.2 Å². The first-order valence-corrected chi connectivity index (χ1v) is 11.8. The molecule has 0 saturated carbocycles. The third kappa shape index (κ3) is 6.01. The number of halogens is 2. The Kier molecular flexibility index (Phi) is 7.93. The Morgan fingerprint density at radius 1 is 1.16 bits per heavy atom. The molecule has 37 heavy (non-hydrogen) atoms. The summed E-state index contributed by atoms with van der Waals surface area (Å²) in [5, 5.41) is 24.5. The lowest BCUT2D eigenvalue weighted by molar-refractivity contribution is 0.0934. The molecule has 0 bridgehead atoms. The number of carbonyl (C=O) groups excluding carboxylic acids is 1. The fourth-order valence-electron chi connectivity index (χ4n) is 4.40. The van der Waals surface area contributed by atoms with Gasteiger partial charge in [-0.3, -0.25) is 4.79 Å². The summed E-state index contributed by atoms with van der Waals surface area (Å²) >= 11 is 0. The molecule has 190 valence electrons. The predicted molar refractivity (Wildman–Crippen MR) is 133 cm³/mol. The van der Waals surface area contributed by atoms with Crippen molar-refractivity contribution in [2.75, 3.05) is 25.0 Å². The number of nitrogens with zero attached hydrogens (tertiary/aromatic N) is 3. The topological polar surface area (TPSA) is 118 Å². The van der Waals surface area contributed by atoms with Gasteiger partial charge in [0.1, 0.15) is 23.1 Å². The lowest BCUT2D eigenvalue weighted by Gasteiger charge is -2.22. The highest BCUT2D eigenvalue weighted by molar-refractivity contribution is 5.99. The number of benzene rings is 2. The zero-order valence-corrected chi connectivity index (χ0v) is 19.9. The fourth-order valence-corrected chi connectivity index (χ4v) is 4.40. The third-order valence-corrected chi connectivity index (χ3v) is 6.24. The Labute approximate surface area is 212 Å². The standard InChI is InChI=1S/C27H25F2N5O3/c28-19-7-3-5-17(13-19)10-11-31-25-22(26(35)32-16-20-8-4-12-34(20)27(36)37)14-23(29)24(33-25)21-9-2-1-6-18(21)15-30/h1-3,5-7,9,13-14,20H,4,8,10-12,16H2,(H,31,33)(H,32,35)(H,36,37)/t20-/m1/s1. The molecule has 3 aromatic rings. The van der Waals surface area contributed by atoms with Gasteiger partial charge >= 0.3 is 6.09 Å². The zero-order chi connectivity index (χ0) is 26.4. The molecule has 2 amide bonds. The van der Waals surface area contributed by atoms with Gasteiger partial charge in [0.15, 0.2) is 0 Å². The first-order chi connectivity index (χ1) is 17.9. The molecule has 1 aliphatic heterocycles. The van der Waals surface area contributed by atoms with Crippen LogP contribution in [0.25, 0.3) is 11.3 Å². The molecule has 10 heteroatoms. The number of nitrogens with one attached hydrogen (secondary N) is 2. The van der Waals surface area contributed by atoms with Gasteiger partial charge in [0.05, 0.1) is 23.2 Å². The summed E-state index contributed by atoms with van der Waals surface area (Å²) in [5.74, 6) is -1.66. The van der Waals surface area contributed by atoms with Crippen LogP contribution in [0.2, 0.25) is 0 Å². The summed E-state index contributed by atoms with van der Waals surface area (Å²) in [7, 11) is 0. The van der Waals surface area contributed by atoms with Crippen molar-refractivity contribution in [3.8, 4) is 17.3 Å². The van der Waals surface area contributed by atoms with E-state index in [2.05, 4.69) is 15.6 Å². The number of nitriles is 1. The largest absolute Gasteiger partial charge is 0.465 e. The smallest absolute Gasteiger partial charge is 0.407 e. The number of aromatic nitrogens is 1. The summed E-state index contributed by atoms with van der Waals surface area (Å²) in [6.45, 7) is 0.748. The second-order valence-corrected chi connectivity index (χ2v) is 8.66.